The molecule has 13 heavy (non-hydrogen) atoms. The quantitative estimate of drug-likeness (QED) is 0.301. The normalized spacial score (nSPS) is 11.2. The van der Waals surface area contributed by atoms with Crippen LogP contribution in [0.3, 0.4) is 0 Å². The number of benzene rings is 1. The molecule has 0 amide bonds. The van der Waals surface area contributed by atoms with Crippen LogP contribution in [-0.4, -0.2) is 13.0 Å². The van der Waals surface area contributed by atoms with Gasteiger partial charge in [0, 0.05) is 17.2 Å². The fourth-order valence-electron chi connectivity index (χ4n) is 0.826. The number of nitrogens with one attached hydrogen (secondary N) is 2. The molecule has 0 saturated heterocycles. The minimum Gasteiger partial charge on any atom is -0.325 e. The first-order valence-corrected chi connectivity index (χ1v) is 4.51. The Morgan fingerprint density at radius 2 is 2.00 bits per heavy atom. The van der Waals surface area contributed by atoms with Gasteiger partial charge in [0.1, 0.15) is 0 Å². The molecule has 0 spiro atoms. The van der Waals surface area contributed by atoms with Crippen molar-refractivity contribution in [3.05, 3.63) is 28.7 Å². The van der Waals surface area contributed by atoms with Gasteiger partial charge in [-0.15, -0.1) is 0 Å². The summed E-state index contributed by atoms with van der Waals surface area (Å²) in [4.78, 5) is 3.88. The van der Waals surface area contributed by atoms with Gasteiger partial charge in [0.25, 0.3) is 0 Å². The summed E-state index contributed by atoms with van der Waals surface area (Å²) in [5, 5.41) is 3.00. The van der Waals surface area contributed by atoms with E-state index in [0.29, 0.717) is 5.96 Å². The highest BCUT2D eigenvalue weighted by Crippen LogP contribution is 2.13. The van der Waals surface area contributed by atoms with E-state index in [2.05, 4.69) is 31.7 Å². The Morgan fingerprint density at radius 1 is 1.38 bits per heavy atom. The summed E-state index contributed by atoms with van der Waals surface area (Å²) in [6, 6.07) is 7.72. The van der Waals surface area contributed by atoms with Gasteiger partial charge in [0.05, 0.1) is 0 Å². The van der Waals surface area contributed by atoms with E-state index in [1.54, 1.807) is 7.05 Å². The molecule has 70 valence electrons. The summed E-state index contributed by atoms with van der Waals surface area (Å²) < 4.78 is 1.04. The lowest BCUT2D eigenvalue weighted by Crippen LogP contribution is -2.35. The molecule has 4 N–H and O–H groups in total. The molecule has 0 radical (unpaired) electrons. The van der Waals surface area contributed by atoms with E-state index >= 15 is 0 Å². The lowest BCUT2D eigenvalue weighted by Gasteiger charge is -2.07. The number of hydrogen-bond acceptors (Lipinski definition) is 2. The minimum atomic E-state index is 0.530. The number of halogens is 1. The Kier molecular flexibility index (Phi) is 3.72. The predicted molar refractivity (Wildman–Crippen MR) is 58.4 cm³/mol. The zero-order valence-corrected chi connectivity index (χ0v) is 8.80. The zero-order chi connectivity index (χ0) is 9.68. The number of rotatable bonds is 1. The van der Waals surface area contributed by atoms with Gasteiger partial charge in [-0.25, -0.2) is 5.84 Å². The Bertz CT molecular complexity index is 294. The number of hydrogen-bond donors (Lipinski definition) is 3. The van der Waals surface area contributed by atoms with Gasteiger partial charge in [0.15, 0.2) is 0 Å². The van der Waals surface area contributed by atoms with Gasteiger partial charge >= 0.3 is 0 Å². The summed E-state index contributed by atoms with van der Waals surface area (Å²) in [6.07, 6.45) is 0. The van der Waals surface area contributed by atoms with Crippen LogP contribution in [0.5, 0.6) is 0 Å². The molecule has 0 aliphatic rings. The maximum atomic E-state index is 5.21. The zero-order valence-electron chi connectivity index (χ0n) is 7.21. The molecule has 0 atom stereocenters. The maximum Gasteiger partial charge on any atom is 0.209 e. The molecule has 1 aromatic rings. The molecule has 0 aliphatic carbocycles. The van der Waals surface area contributed by atoms with Crippen LogP contribution >= 0.6 is 15.9 Å². The van der Waals surface area contributed by atoms with Gasteiger partial charge in [0.2, 0.25) is 5.96 Å². The smallest absolute Gasteiger partial charge is 0.209 e. The summed E-state index contributed by atoms with van der Waals surface area (Å²) in [6.45, 7) is 0. The van der Waals surface area contributed by atoms with Crippen LogP contribution in [-0.2, 0) is 0 Å². The molecular formula is C8H11BrN4. The highest BCUT2D eigenvalue weighted by Gasteiger charge is 1.95. The Hall–Kier alpha value is -1.07. The van der Waals surface area contributed by atoms with Crippen molar-refractivity contribution in [2.24, 2.45) is 10.8 Å². The minimum absolute atomic E-state index is 0.530. The molecule has 0 fully saturated rings. The first-order valence-electron chi connectivity index (χ1n) is 3.72. The molecule has 0 heterocycles. The summed E-state index contributed by atoms with van der Waals surface area (Å²) in [7, 11) is 1.65. The van der Waals surface area contributed by atoms with E-state index in [1.807, 2.05) is 24.3 Å². The van der Waals surface area contributed by atoms with Crippen LogP contribution < -0.4 is 16.6 Å². The topological polar surface area (TPSA) is 62.4 Å². The van der Waals surface area contributed by atoms with E-state index in [-0.39, 0.29) is 0 Å². The maximum absolute atomic E-state index is 5.21. The van der Waals surface area contributed by atoms with Gasteiger partial charge in [-0.3, -0.25) is 10.4 Å². The molecule has 0 unspecified atom stereocenters. The fourth-order valence-corrected chi connectivity index (χ4v) is 1.09. The standard InChI is InChI=1S/C8H11BrN4/c1-11-8(13-10)12-7-4-2-6(9)3-5-7/h2-5H,10H2,1H3,(H2,11,12,13). The van der Waals surface area contributed by atoms with Gasteiger partial charge in [-0.2, -0.15) is 0 Å². The van der Waals surface area contributed by atoms with Crippen LogP contribution in [0, 0.1) is 0 Å². The molecule has 0 bridgehead atoms. The average molecular weight is 243 g/mol. The van der Waals surface area contributed by atoms with Crippen LogP contribution in [0.1, 0.15) is 0 Å². The van der Waals surface area contributed by atoms with Crippen molar-refractivity contribution in [1.29, 1.82) is 0 Å². The van der Waals surface area contributed by atoms with Gasteiger partial charge < -0.3 is 5.32 Å². The first kappa shape index (κ1) is 10.0. The molecule has 1 aromatic carbocycles. The third-order valence-corrected chi connectivity index (χ3v) is 2.00. The Balaban J connectivity index is 2.69. The Morgan fingerprint density at radius 3 is 2.46 bits per heavy atom. The lowest BCUT2D eigenvalue weighted by atomic mass is 10.3. The highest BCUT2D eigenvalue weighted by molar-refractivity contribution is 9.10. The van der Waals surface area contributed by atoms with Crippen LogP contribution in [0.25, 0.3) is 0 Å². The van der Waals surface area contributed by atoms with Crippen LogP contribution in [0.2, 0.25) is 0 Å². The van der Waals surface area contributed by atoms with Crippen molar-refractivity contribution in [3.63, 3.8) is 0 Å². The predicted octanol–water partition coefficient (Wildman–Crippen LogP) is 1.31. The van der Waals surface area contributed by atoms with E-state index < -0.39 is 0 Å². The van der Waals surface area contributed by atoms with Crippen LogP contribution in [0.15, 0.2) is 33.7 Å². The summed E-state index contributed by atoms with van der Waals surface area (Å²) in [5.41, 5.74) is 3.37. The molecule has 4 nitrogen and oxygen atoms in total. The second kappa shape index (κ2) is 4.84. The van der Waals surface area contributed by atoms with Gasteiger partial charge in [-0.05, 0) is 24.3 Å². The number of aliphatic imine (C=N–C) groups is 1. The average Bonchev–Trinajstić information content (AvgIpc) is 2.17. The van der Waals surface area contributed by atoms with E-state index in [1.165, 1.54) is 0 Å². The number of anilines is 1. The lowest BCUT2D eigenvalue weighted by molar-refractivity contribution is 1.01. The number of hydrazine groups is 1. The van der Waals surface area contributed by atoms with Crippen molar-refractivity contribution in [3.8, 4) is 0 Å². The van der Waals surface area contributed by atoms with Crippen molar-refractivity contribution < 1.29 is 0 Å². The van der Waals surface area contributed by atoms with Crippen molar-refractivity contribution in [1.82, 2.24) is 5.43 Å². The number of nitrogens with two attached hydrogens (primary N) is 1. The number of guanidine groups is 1. The van der Waals surface area contributed by atoms with Crippen LogP contribution in [0.4, 0.5) is 5.69 Å². The second-order valence-electron chi connectivity index (χ2n) is 2.35. The van der Waals surface area contributed by atoms with E-state index in [4.69, 9.17) is 5.84 Å². The van der Waals surface area contributed by atoms with Crippen molar-refractivity contribution >= 4 is 27.6 Å². The van der Waals surface area contributed by atoms with Crippen molar-refractivity contribution in [2.75, 3.05) is 12.4 Å². The summed E-state index contributed by atoms with van der Waals surface area (Å²) >= 11 is 3.35. The fraction of sp³-hybridized carbons (Fsp3) is 0.125. The van der Waals surface area contributed by atoms with E-state index in [9.17, 15) is 0 Å². The largest absolute Gasteiger partial charge is 0.325 e. The third-order valence-electron chi connectivity index (χ3n) is 1.47. The Labute approximate surface area is 85.3 Å². The second-order valence-corrected chi connectivity index (χ2v) is 3.26. The monoisotopic (exact) mass is 242 g/mol. The molecule has 1 rings (SSSR count). The number of nitrogens with zero attached hydrogens (tertiary/aromatic N) is 1. The molecule has 0 saturated carbocycles. The first-order chi connectivity index (χ1) is 6.26. The van der Waals surface area contributed by atoms with Crippen molar-refractivity contribution in [2.45, 2.75) is 0 Å². The van der Waals surface area contributed by atoms with Gasteiger partial charge in [-0.1, -0.05) is 15.9 Å². The SMILES string of the molecule is CN=C(NN)Nc1ccc(Br)cc1. The molecule has 0 aliphatic heterocycles. The molecule has 5 heteroatoms. The van der Waals surface area contributed by atoms with E-state index in [0.717, 1.165) is 10.2 Å². The molecular weight excluding hydrogens is 232 g/mol. The summed E-state index contributed by atoms with van der Waals surface area (Å²) in [5.74, 6) is 5.74. The third kappa shape index (κ3) is 3.04. The highest BCUT2D eigenvalue weighted by atomic mass is 79.9. The molecule has 0 aromatic heterocycles.